The van der Waals surface area contributed by atoms with Gasteiger partial charge < -0.3 is 14.8 Å². The Balaban J connectivity index is 1.50. The molecule has 0 spiro atoms. The Bertz CT molecular complexity index is 1020. The Hall–Kier alpha value is -3.26. The lowest BCUT2D eigenvalue weighted by Crippen LogP contribution is -2.24. The number of carbonyl (C=O) groups excluding carboxylic acids is 1. The van der Waals surface area contributed by atoms with Gasteiger partial charge in [0.15, 0.2) is 5.69 Å². The van der Waals surface area contributed by atoms with E-state index in [1.807, 2.05) is 24.3 Å². The van der Waals surface area contributed by atoms with Crippen molar-refractivity contribution in [3.63, 3.8) is 0 Å². The highest BCUT2D eigenvalue weighted by Crippen LogP contribution is 2.28. The fourth-order valence-corrected chi connectivity index (χ4v) is 3.11. The van der Waals surface area contributed by atoms with Crippen LogP contribution >= 0.6 is 0 Å². The topological polar surface area (TPSA) is 78.3 Å². The van der Waals surface area contributed by atoms with Gasteiger partial charge in [0.2, 0.25) is 0 Å². The van der Waals surface area contributed by atoms with Crippen LogP contribution in [-0.2, 0) is 17.9 Å². The number of ether oxygens (including phenoxy) is 2. The van der Waals surface area contributed by atoms with Crippen molar-refractivity contribution in [2.75, 3.05) is 12.4 Å². The van der Waals surface area contributed by atoms with Crippen LogP contribution in [0.3, 0.4) is 0 Å². The van der Waals surface area contributed by atoms with E-state index in [4.69, 9.17) is 9.47 Å². The summed E-state index contributed by atoms with van der Waals surface area (Å²) < 4.78 is 26.7. The van der Waals surface area contributed by atoms with E-state index < -0.39 is 11.7 Å². The van der Waals surface area contributed by atoms with Crippen LogP contribution in [0.15, 0.2) is 42.5 Å². The van der Waals surface area contributed by atoms with Crippen LogP contribution < -0.4 is 10.1 Å². The summed E-state index contributed by atoms with van der Waals surface area (Å²) in [7, 11) is 1.61. The van der Waals surface area contributed by atoms with Crippen LogP contribution in [0.5, 0.6) is 5.75 Å². The second-order valence-electron chi connectivity index (χ2n) is 6.58. The fraction of sp³-hybridized carbons (Fsp3) is 0.250. The van der Waals surface area contributed by atoms with Gasteiger partial charge in [0.1, 0.15) is 17.7 Å². The van der Waals surface area contributed by atoms with Gasteiger partial charge in [-0.25, -0.2) is 9.07 Å². The average Bonchev–Trinajstić information content (AvgIpc) is 3.13. The van der Waals surface area contributed by atoms with Crippen LogP contribution in [0.4, 0.5) is 10.1 Å². The molecule has 1 unspecified atom stereocenters. The summed E-state index contributed by atoms with van der Waals surface area (Å²) in [5.41, 5.74) is 2.55. The molecule has 0 saturated heterocycles. The molecular formula is C20H19FN4O3. The minimum Gasteiger partial charge on any atom is -0.497 e. The SMILES string of the molecule is COc1ccc(C2Cn3nnc(C(=O)Nc4ccc(C)cc4F)c3CO2)cc1. The number of nitrogens with zero attached hydrogens (tertiary/aromatic N) is 3. The first kappa shape index (κ1) is 18.1. The Kier molecular flexibility index (Phi) is 4.79. The van der Waals surface area contributed by atoms with E-state index in [9.17, 15) is 9.18 Å². The van der Waals surface area contributed by atoms with E-state index in [-0.39, 0.29) is 24.1 Å². The van der Waals surface area contributed by atoms with Crippen LogP contribution in [-0.4, -0.2) is 28.0 Å². The summed E-state index contributed by atoms with van der Waals surface area (Å²) in [4.78, 5) is 12.5. The molecule has 0 fully saturated rings. The molecule has 2 heterocycles. The molecule has 8 heteroatoms. The van der Waals surface area contributed by atoms with Crippen LogP contribution in [0, 0.1) is 12.7 Å². The number of halogens is 1. The van der Waals surface area contributed by atoms with Crippen molar-refractivity contribution >= 4 is 11.6 Å². The van der Waals surface area contributed by atoms with Crippen molar-refractivity contribution in [2.24, 2.45) is 0 Å². The number of benzene rings is 2. The predicted octanol–water partition coefficient (Wildman–Crippen LogP) is 3.26. The standard InChI is InChI=1S/C20H19FN4O3/c1-12-3-8-16(15(21)9-12)22-20(26)19-17-11-28-18(10-25(17)24-23-19)13-4-6-14(27-2)7-5-13/h3-9,18H,10-11H2,1-2H3,(H,22,26). The molecule has 1 aliphatic rings. The minimum absolute atomic E-state index is 0.102. The Morgan fingerprint density at radius 1 is 1.29 bits per heavy atom. The zero-order valence-corrected chi connectivity index (χ0v) is 15.5. The number of nitrogens with one attached hydrogen (secondary N) is 1. The van der Waals surface area contributed by atoms with Crippen molar-refractivity contribution in [1.29, 1.82) is 0 Å². The molecule has 0 aliphatic carbocycles. The van der Waals surface area contributed by atoms with Crippen molar-refractivity contribution in [2.45, 2.75) is 26.2 Å². The third kappa shape index (κ3) is 3.46. The van der Waals surface area contributed by atoms with E-state index in [0.29, 0.717) is 12.2 Å². The molecule has 1 aromatic heterocycles. The normalized spacial score (nSPS) is 15.8. The van der Waals surface area contributed by atoms with Gasteiger partial charge in [0.05, 0.1) is 31.6 Å². The van der Waals surface area contributed by atoms with Gasteiger partial charge in [-0.2, -0.15) is 0 Å². The van der Waals surface area contributed by atoms with E-state index in [1.165, 1.54) is 12.1 Å². The van der Waals surface area contributed by atoms with Crippen molar-refractivity contribution in [1.82, 2.24) is 15.0 Å². The summed E-state index contributed by atoms with van der Waals surface area (Å²) in [5, 5.41) is 10.6. The van der Waals surface area contributed by atoms with Gasteiger partial charge in [-0.1, -0.05) is 23.4 Å². The number of hydrogen-bond acceptors (Lipinski definition) is 5. The Morgan fingerprint density at radius 2 is 2.07 bits per heavy atom. The number of fused-ring (bicyclic) bond motifs is 1. The molecule has 0 radical (unpaired) electrons. The molecule has 0 saturated carbocycles. The third-order valence-corrected chi connectivity index (χ3v) is 4.67. The maximum absolute atomic E-state index is 14.0. The van der Waals surface area contributed by atoms with Gasteiger partial charge in [-0.3, -0.25) is 4.79 Å². The van der Waals surface area contributed by atoms with E-state index in [1.54, 1.807) is 24.8 Å². The molecular weight excluding hydrogens is 363 g/mol. The molecule has 2 aromatic carbocycles. The van der Waals surface area contributed by atoms with Gasteiger partial charge >= 0.3 is 0 Å². The maximum Gasteiger partial charge on any atom is 0.278 e. The molecule has 1 amide bonds. The zero-order valence-electron chi connectivity index (χ0n) is 15.5. The maximum atomic E-state index is 14.0. The van der Waals surface area contributed by atoms with Crippen LogP contribution in [0.1, 0.15) is 33.4 Å². The molecule has 1 atom stereocenters. The van der Waals surface area contributed by atoms with Crippen molar-refractivity contribution < 1.29 is 18.7 Å². The Labute approximate surface area is 161 Å². The molecule has 3 aromatic rings. The molecule has 1 aliphatic heterocycles. The Morgan fingerprint density at radius 3 is 2.79 bits per heavy atom. The highest BCUT2D eigenvalue weighted by Gasteiger charge is 2.28. The summed E-state index contributed by atoms with van der Waals surface area (Å²) in [6.07, 6.45) is -0.203. The smallest absolute Gasteiger partial charge is 0.278 e. The van der Waals surface area contributed by atoms with Crippen molar-refractivity contribution in [3.8, 4) is 5.75 Å². The van der Waals surface area contributed by atoms with E-state index >= 15 is 0 Å². The van der Waals surface area contributed by atoms with E-state index in [0.717, 1.165) is 16.9 Å². The highest BCUT2D eigenvalue weighted by molar-refractivity contribution is 6.03. The zero-order chi connectivity index (χ0) is 19.7. The average molecular weight is 382 g/mol. The number of hydrogen-bond donors (Lipinski definition) is 1. The first-order valence-electron chi connectivity index (χ1n) is 8.80. The summed E-state index contributed by atoms with van der Waals surface area (Å²) in [6.45, 7) is 2.39. The van der Waals surface area contributed by atoms with Gasteiger partial charge in [0.25, 0.3) is 5.91 Å². The lowest BCUT2D eigenvalue weighted by atomic mass is 10.1. The van der Waals surface area contributed by atoms with Crippen LogP contribution in [0.25, 0.3) is 0 Å². The number of aromatic nitrogens is 3. The molecule has 7 nitrogen and oxygen atoms in total. The second kappa shape index (κ2) is 7.40. The number of amides is 1. The number of rotatable bonds is 4. The number of aryl methyl sites for hydroxylation is 1. The first-order valence-corrected chi connectivity index (χ1v) is 8.80. The van der Waals surface area contributed by atoms with Gasteiger partial charge in [0, 0.05) is 0 Å². The highest BCUT2D eigenvalue weighted by atomic mass is 19.1. The lowest BCUT2D eigenvalue weighted by molar-refractivity contribution is -0.00173. The minimum atomic E-state index is -0.518. The third-order valence-electron chi connectivity index (χ3n) is 4.67. The summed E-state index contributed by atoms with van der Waals surface area (Å²) in [6, 6.07) is 12.2. The molecule has 144 valence electrons. The lowest BCUT2D eigenvalue weighted by Gasteiger charge is -2.24. The quantitative estimate of drug-likeness (QED) is 0.749. The largest absolute Gasteiger partial charge is 0.497 e. The molecule has 1 N–H and O–H groups in total. The van der Waals surface area contributed by atoms with E-state index in [2.05, 4.69) is 15.6 Å². The second-order valence-corrected chi connectivity index (χ2v) is 6.58. The summed E-state index contributed by atoms with van der Waals surface area (Å²) >= 11 is 0. The van der Waals surface area contributed by atoms with Gasteiger partial charge in [-0.05, 0) is 42.3 Å². The van der Waals surface area contributed by atoms with Crippen LogP contribution in [0.2, 0.25) is 0 Å². The monoisotopic (exact) mass is 382 g/mol. The number of methoxy groups -OCH3 is 1. The molecule has 0 bridgehead atoms. The number of carbonyl (C=O) groups is 1. The molecule has 4 rings (SSSR count). The fourth-order valence-electron chi connectivity index (χ4n) is 3.11. The van der Waals surface area contributed by atoms with Gasteiger partial charge in [-0.15, -0.1) is 5.10 Å². The number of anilines is 1. The first-order chi connectivity index (χ1) is 13.5. The molecule has 28 heavy (non-hydrogen) atoms. The predicted molar refractivity (Wildman–Crippen MR) is 99.6 cm³/mol. The summed E-state index contributed by atoms with van der Waals surface area (Å²) in [5.74, 6) is -0.246. The van der Waals surface area contributed by atoms with Crippen molar-refractivity contribution in [3.05, 3.63) is 70.8 Å².